The van der Waals surface area contributed by atoms with Gasteiger partial charge >= 0.3 is 0 Å². The van der Waals surface area contributed by atoms with Crippen molar-refractivity contribution in [2.45, 2.75) is 13.8 Å². The Hall–Kier alpha value is -2.99. The molecule has 0 saturated carbocycles. The Morgan fingerprint density at radius 2 is 1.92 bits per heavy atom. The summed E-state index contributed by atoms with van der Waals surface area (Å²) >= 11 is 1.46. The van der Waals surface area contributed by atoms with E-state index in [1.807, 2.05) is 50.2 Å². The molecule has 5 nitrogen and oxygen atoms in total. The molecule has 1 amide bonds. The van der Waals surface area contributed by atoms with E-state index in [2.05, 4.69) is 21.5 Å². The maximum Gasteiger partial charge on any atom is 0.279 e. The molecule has 4 rings (SSSR count). The van der Waals surface area contributed by atoms with Crippen LogP contribution in [0.2, 0.25) is 0 Å². The fourth-order valence-electron chi connectivity index (χ4n) is 2.71. The van der Waals surface area contributed by atoms with Gasteiger partial charge in [0.15, 0.2) is 16.6 Å². The van der Waals surface area contributed by atoms with Crippen molar-refractivity contribution < 1.29 is 9.32 Å². The van der Waals surface area contributed by atoms with Crippen molar-refractivity contribution in [3.05, 3.63) is 65.4 Å². The van der Waals surface area contributed by atoms with Crippen LogP contribution in [0.3, 0.4) is 0 Å². The van der Waals surface area contributed by atoms with Gasteiger partial charge in [0.05, 0.1) is 10.2 Å². The minimum atomic E-state index is -0.334. The minimum Gasteiger partial charge on any atom is -0.355 e. The summed E-state index contributed by atoms with van der Waals surface area (Å²) in [5.41, 5.74) is 4.30. The quantitative estimate of drug-likeness (QED) is 0.576. The van der Waals surface area contributed by atoms with Gasteiger partial charge in [-0.15, -0.1) is 0 Å². The average Bonchev–Trinajstić information content (AvgIpc) is 3.22. The van der Waals surface area contributed by atoms with E-state index in [1.165, 1.54) is 11.3 Å². The van der Waals surface area contributed by atoms with E-state index in [0.29, 0.717) is 10.9 Å². The second kappa shape index (κ2) is 6.14. The lowest BCUT2D eigenvalue weighted by Gasteiger charge is -1.95. The Morgan fingerprint density at radius 3 is 2.72 bits per heavy atom. The number of amides is 1. The highest BCUT2D eigenvalue weighted by molar-refractivity contribution is 7.22. The lowest BCUT2D eigenvalue weighted by Crippen LogP contribution is -2.11. The second-order valence-corrected chi connectivity index (χ2v) is 6.84. The molecule has 2 aromatic heterocycles. The Bertz CT molecular complexity index is 1070. The van der Waals surface area contributed by atoms with Gasteiger partial charge in [-0.3, -0.25) is 10.1 Å². The van der Waals surface area contributed by atoms with E-state index < -0.39 is 0 Å². The first-order valence-corrected chi connectivity index (χ1v) is 8.63. The molecule has 25 heavy (non-hydrogen) atoms. The number of aryl methyl sites for hydroxylation is 2. The fourth-order valence-corrected chi connectivity index (χ4v) is 3.62. The van der Waals surface area contributed by atoms with E-state index >= 15 is 0 Å². The molecule has 6 heteroatoms. The molecule has 2 aromatic carbocycles. The van der Waals surface area contributed by atoms with Crippen LogP contribution in [0.5, 0.6) is 0 Å². The number of carbonyl (C=O) groups is 1. The Labute approximate surface area is 148 Å². The maximum atomic E-state index is 12.4. The molecule has 0 spiro atoms. The van der Waals surface area contributed by atoms with Gasteiger partial charge in [0.1, 0.15) is 0 Å². The largest absolute Gasteiger partial charge is 0.355 e. The number of hydrogen-bond acceptors (Lipinski definition) is 5. The van der Waals surface area contributed by atoms with Crippen LogP contribution in [0.15, 0.2) is 53.1 Å². The predicted molar refractivity (Wildman–Crippen MR) is 99.0 cm³/mol. The van der Waals surface area contributed by atoms with E-state index in [0.717, 1.165) is 26.9 Å². The van der Waals surface area contributed by atoms with Crippen LogP contribution in [0.4, 0.5) is 5.13 Å². The third-order valence-corrected chi connectivity index (χ3v) is 4.96. The summed E-state index contributed by atoms with van der Waals surface area (Å²) in [6.07, 6.45) is 0. The number of fused-ring (bicyclic) bond motifs is 1. The Morgan fingerprint density at radius 1 is 1.12 bits per heavy atom. The summed E-state index contributed by atoms with van der Waals surface area (Å²) in [5.74, 6) is 0.223. The number of benzene rings is 2. The average molecular weight is 349 g/mol. The van der Waals surface area contributed by atoms with Crippen LogP contribution in [0, 0.1) is 13.8 Å². The third kappa shape index (κ3) is 3.04. The normalized spacial score (nSPS) is 11.0. The van der Waals surface area contributed by atoms with Gasteiger partial charge in [-0.25, -0.2) is 4.98 Å². The molecule has 0 fully saturated rings. The van der Waals surface area contributed by atoms with Gasteiger partial charge in [0.25, 0.3) is 5.91 Å². The molecule has 0 aliphatic heterocycles. The standard InChI is InChI=1S/C19H15N3O2S/c1-11-8-12(2)17-14(9-11)20-19(25-17)21-18(23)15-10-16(24-22-15)13-6-4-3-5-7-13/h3-10H,1-2H3,(H,20,21,23). The van der Waals surface area contributed by atoms with Crippen LogP contribution in [-0.2, 0) is 0 Å². The van der Waals surface area contributed by atoms with Crippen molar-refractivity contribution in [2.75, 3.05) is 5.32 Å². The number of anilines is 1. The van der Waals surface area contributed by atoms with E-state index in [1.54, 1.807) is 6.07 Å². The van der Waals surface area contributed by atoms with Gasteiger partial charge in [-0.2, -0.15) is 0 Å². The highest BCUT2D eigenvalue weighted by atomic mass is 32.1. The molecule has 0 aliphatic rings. The number of nitrogens with zero attached hydrogens (tertiary/aromatic N) is 2. The summed E-state index contributed by atoms with van der Waals surface area (Å²) in [5, 5.41) is 7.22. The van der Waals surface area contributed by atoms with Crippen molar-refractivity contribution >= 4 is 32.6 Å². The first-order chi connectivity index (χ1) is 12.1. The molecular formula is C19H15N3O2S. The van der Waals surface area contributed by atoms with Crippen molar-refractivity contribution in [2.24, 2.45) is 0 Å². The van der Waals surface area contributed by atoms with Gasteiger partial charge in [-0.05, 0) is 31.0 Å². The van der Waals surface area contributed by atoms with Crippen molar-refractivity contribution in [1.82, 2.24) is 10.1 Å². The molecule has 1 N–H and O–H groups in total. The van der Waals surface area contributed by atoms with Gasteiger partial charge < -0.3 is 4.52 Å². The number of aromatic nitrogens is 2. The molecule has 2 heterocycles. The number of thiazole rings is 1. The maximum absolute atomic E-state index is 12.4. The first kappa shape index (κ1) is 15.5. The van der Waals surface area contributed by atoms with Crippen molar-refractivity contribution in [1.29, 1.82) is 0 Å². The first-order valence-electron chi connectivity index (χ1n) is 7.81. The van der Waals surface area contributed by atoms with Crippen molar-refractivity contribution in [3.63, 3.8) is 0 Å². The molecule has 0 unspecified atom stereocenters. The van der Waals surface area contributed by atoms with Gasteiger partial charge in [0, 0.05) is 11.6 Å². The predicted octanol–water partition coefficient (Wildman–Crippen LogP) is 4.82. The van der Waals surface area contributed by atoms with E-state index in [4.69, 9.17) is 4.52 Å². The smallest absolute Gasteiger partial charge is 0.279 e. The van der Waals surface area contributed by atoms with Crippen LogP contribution in [0.25, 0.3) is 21.5 Å². The van der Waals surface area contributed by atoms with Crippen LogP contribution in [0.1, 0.15) is 21.6 Å². The zero-order valence-electron chi connectivity index (χ0n) is 13.7. The molecule has 124 valence electrons. The monoisotopic (exact) mass is 349 g/mol. The summed E-state index contributed by atoms with van der Waals surface area (Å²) in [6, 6.07) is 15.3. The molecule has 0 atom stereocenters. The lowest BCUT2D eigenvalue weighted by molar-refractivity contribution is 0.101. The Kier molecular flexibility index (Phi) is 3.82. The lowest BCUT2D eigenvalue weighted by atomic mass is 10.1. The summed E-state index contributed by atoms with van der Waals surface area (Å²) < 4.78 is 6.35. The topological polar surface area (TPSA) is 68.0 Å². The zero-order chi connectivity index (χ0) is 17.4. The molecule has 0 radical (unpaired) electrons. The molecule has 0 aliphatic carbocycles. The second-order valence-electron chi connectivity index (χ2n) is 5.85. The minimum absolute atomic E-state index is 0.228. The molecule has 4 aromatic rings. The van der Waals surface area contributed by atoms with Gasteiger partial charge in [-0.1, -0.05) is 52.9 Å². The SMILES string of the molecule is Cc1cc(C)c2sc(NC(=O)c3cc(-c4ccccc4)on3)nc2c1. The number of rotatable bonds is 3. The molecule has 0 saturated heterocycles. The van der Waals surface area contributed by atoms with E-state index in [-0.39, 0.29) is 11.6 Å². The van der Waals surface area contributed by atoms with E-state index in [9.17, 15) is 4.79 Å². The zero-order valence-corrected chi connectivity index (χ0v) is 14.6. The molecule has 0 bridgehead atoms. The molecular weight excluding hydrogens is 334 g/mol. The van der Waals surface area contributed by atoms with Gasteiger partial charge in [0.2, 0.25) is 0 Å². The summed E-state index contributed by atoms with van der Waals surface area (Å²) in [6.45, 7) is 4.08. The summed E-state index contributed by atoms with van der Waals surface area (Å²) in [4.78, 5) is 16.9. The highest BCUT2D eigenvalue weighted by Crippen LogP contribution is 2.30. The number of carbonyl (C=O) groups excluding carboxylic acids is 1. The fraction of sp³-hybridized carbons (Fsp3) is 0.105. The number of hydrogen-bond donors (Lipinski definition) is 1. The highest BCUT2D eigenvalue weighted by Gasteiger charge is 2.16. The van der Waals surface area contributed by atoms with Crippen LogP contribution >= 0.6 is 11.3 Å². The van der Waals surface area contributed by atoms with Crippen molar-refractivity contribution in [3.8, 4) is 11.3 Å². The van der Waals surface area contributed by atoms with Crippen LogP contribution in [-0.4, -0.2) is 16.0 Å². The van der Waals surface area contributed by atoms with Crippen LogP contribution < -0.4 is 5.32 Å². The number of nitrogens with one attached hydrogen (secondary N) is 1. The third-order valence-electron chi connectivity index (χ3n) is 3.84. The summed E-state index contributed by atoms with van der Waals surface area (Å²) in [7, 11) is 0. The Balaban J connectivity index is 1.58.